The molecule has 0 bridgehead atoms. The zero-order valence-corrected chi connectivity index (χ0v) is 16.6. The monoisotopic (exact) mass is 399 g/mol. The van der Waals surface area contributed by atoms with Crippen molar-refractivity contribution in [3.05, 3.63) is 35.7 Å². The van der Waals surface area contributed by atoms with E-state index in [1.807, 2.05) is 13.0 Å². The second-order valence-corrected chi connectivity index (χ2v) is 8.45. The first-order chi connectivity index (χ1) is 13.3. The summed E-state index contributed by atoms with van der Waals surface area (Å²) in [6.07, 6.45) is 4.63. The largest absolute Gasteiger partial charge is 0.310 e. The van der Waals surface area contributed by atoms with E-state index >= 15 is 0 Å². The first-order valence-electron chi connectivity index (χ1n) is 9.05. The molecule has 0 N–H and O–H groups in total. The van der Waals surface area contributed by atoms with Crippen molar-refractivity contribution in [1.29, 1.82) is 5.26 Å². The summed E-state index contributed by atoms with van der Waals surface area (Å²) in [5, 5.41) is 9.48. The van der Waals surface area contributed by atoms with Crippen LogP contribution in [0.3, 0.4) is 0 Å². The van der Waals surface area contributed by atoms with Crippen molar-refractivity contribution in [2.75, 3.05) is 5.75 Å². The maximum absolute atomic E-state index is 13.7. The van der Waals surface area contributed by atoms with Gasteiger partial charge in [0.05, 0.1) is 11.5 Å². The average Bonchev–Trinajstić information content (AvgIpc) is 3.40. The number of aryl methyl sites for hydroxylation is 1. The molecule has 0 amide bonds. The third-order valence-electron chi connectivity index (χ3n) is 5.10. The number of fused-ring (bicyclic) bond motifs is 1. The zero-order valence-electron chi connectivity index (χ0n) is 15.8. The summed E-state index contributed by atoms with van der Waals surface area (Å²) in [5.41, 5.74) is 1.96. The van der Waals surface area contributed by atoms with E-state index in [4.69, 9.17) is 0 Å². The van der Waals surface area contributed by atoms with E-state index in [0.717, 1.165) is 36.0 Å². The van der Waals surface area contributed by atoms with Gasteiger partial charge in [-0.2, -0.15) is 5.26 Å². The molecule has 3 aromatic rings. The number of hydrogen-bond acceptors (Lipinski definition) is 5. The number of nitriles is 1. The van der Waals surface area contributed by atoms with Crippen LogP contribution in [0, 0.1) is 11.3 Å². The fraction of sp³-hybridized carbons (Fsp3) is 0.400. The van der Waals surface area contributed by atoms with E-state index in [0.29, 0.717) is 22.7 Å². The molecule has 1 saturated carbocycles. The fourth-order valence-electron chi connectivity index (χ4n) is 3.26. The molecule has 8 heteroatoms. The Kier molecular flexibility index (Phi) is 4.38. The zero-order chi connectivity index (χ0) is 20.1. The second kappa shape index (κ2) is 6.52. The van der Waals surface area contributed by atoms with Gasteiger partial charge in [0.1, 0.15) is 11.2 Å². The van der Waals surface area contributed by atoms with Crippen LogP contribution >= 0.6 is 11.8 Å². The van der Waals surface area contributed by atoms with Crippen LogP contribution in [-0.2, 0) is 18.4 Å². The molecular weight excluding hydrogens is 380 g/mol. The van der Waals surface area contributed by atoms with Gasteiger partial charge in [-0.25, -0.2) is 18.7 Å². The van der Waals surface area contributed by atoms with Gasteiger partial charge in [0.15, 0.2) is 11.5 Å². The van der Waals surface area contributed by atoms with E-state index in [2.05, 4.69) is 21.0 Å². The van der Waals surface area contributed by atoms with Crippen LogP contribution in [0.1, 0.15) is 37.8 Å². The Bertz CT molecular complexity index is 1110. The Morgan fingerprint density at radius 2 is 2.04 bits per heavy atom. The van der Waals surface area contributed by atoms with Crippen LogP contribution in [-0.4, -0.2) is 25.3 Å². The van der Waals surface area contributed by atoms with E-state index in [9.17, 15) is 14.0 Å². The molecule has 0 aliphatic heterocycles. The molecule has 28 heavy (non-hydrogen) atoms. The average molecular weight is 399 g/mol. The summed E-state index contributed by atoms with van der Waals surface area (Å²) < 4.78 is 29.1. The minimum atomic E-state index is -2.97. The van der Waals surface area contributed by atoms with Crippen molar-refractivity contribution in [3.8, 4) is 17.6 Å². The molecule has 0 spiro atoms. The highest BCUT2D eigenvalue weighted by Crippen LogP contribution is 2.48. The molecule has 3 heterocycles. The van der Waals surface area contributed by atoms with Gasteiger partial charge in [0.2, 0.25) is 0 Å². The van der Waals surface area contributed by atoms with Crippen LogP contribution in [0.2, 0.25) is 0 Å². The Hall–Kier alpha value is -2.53. The van der Waals surface area contributed by atoms with Crippen LogP contribution < -0.4 is 0 Å². The van der Waals surface area contributed by atoms with Crippen molar-refractivity contribution in [2.45, 2.75) is 42.9 Å². The predicted octanol–water partition coefficient (Wildman–Crippen LogP) is 4.81. The molecule has 0 unspecified atom stereocenters. The Balaban J connectivity index is 1.85. The number of aromatic nitrogens is 4. The Morgan fingerprint density at radius 3 is 2.64 bits per heavy atom. The van der Waals surface area contributed by atoms with Gasteiger partial charge in [-0.15, -0.1) is 11.8 Å². The molecule has 0 atom stereocenters. The van der Waals surface area contributed by atoms with Gasteiger partial charge in [-0.05, 0) is 36.3 Å². The van der Waals surface area contributed by atoms with Crippen molar-refractivity contribution in [3.63, 3.8) is 0 Å². The lowest BCUT2D eigenvalue weighted by Crippen LogP contribution is -2.07. The summed E-state index contributed by atoms with van der Waals surface area (Å²) in [5.74, 6) is -1.56. The SMILES string of the molecule is CCSc1cc(C2(C#N)CC2)cnc1-c1nc2cc(C(C)(F)F)cnc2n1C. The highest BCUT2D eigenvalue weighted by atomic mass is 32.2. The number of thioether (sulfide) groups is 1. The van der Waals surface area contributed by atoms with Gasteiger partial charge in [0, 0.05) is 36.8 Å². The number of hydrogen-bond donors (Lipinski definition) is 0. The number of pyridine rings is 2. The van der Waals surface area contributed by atoms with Gasteiger partial charge < -0.3 is 4.57 Å². The predicted molar refractivity (Wildman–Crippen MR) is 104 cm³/mol. The minimum Gasteiger partial charge on any atom is -0.310 e. The molecule has 1 aliphatic rings. The summed E-state index contributed by atoms with van der Waals surface area (Å²) in [6, 6.07) is 5.80. The van der Waals surface area contributed by atoms with Crippen LogP contribution in [0.25, 0.3) is 22.7 Å². The topological polar surface area (TPSA) is 67.4 Å². The molecule has 4 rings (SSSR count). The number of halogens is 2. The van der Waals surface area contributed by atoms with Gasteiger partial charge in [-0.1, -0.05) is 6.92 Å². The molecule has 0 saturated heterocycles. The summed E-state index contributed by atoms with van der Waals surface area (Å²) in [4.78, 5) is 14.3. The summed E-state index contributed by atoms with van der Waals surface area (Å²) in [6.45, 7) is 2.89. The van der Waals surface area contributed by atoms with Crippen molar-refractivity contribution >= 4 is 22.9 Å². The minimum absolute atomic E-state index is 0.166. The van der Waals surface area contributed by atoms with E-state index < -0.39 is 11.3 Å². The lowest BCUT2D eigenvalue weighted by Gasteiger charge is -2.12. The van der Waals surface area contributed by atoms with Crippen molar-refractivity contribution in [2.24, 2.45) is 7.05 Å². The van der Waals surface area contributed by atoms with E-state index in [1.165, 1.54) is 12.3 Å². The molecular formula is C20H19F2N5S. The van der Waals surface area contributed by atoms with Gasteiger partial charge >= 0.3 is 0 Å². The maximum atomic E-state index is 13.7. The highest BCUT2D eigenvalue weighted by molar-refractivity contribution is 7.99. The Morgan fingerprint density at radius 1 is 1.29 bits per heavy atom. The summed E-state index contributed by atoms with van der Waals surface area (Å²) in [7, 11) is 1.80. The lowest BCUT2D eigenvalue weighted by molar-refractivity contribution is 0.0172. The molecule has 1 aliphatic carbocycles. The third kappa shape index (κ3) is 3.04. The van der Waals surface area contributed by atoms with Crippen LogP contribution in [0.4, 0.5) is 8.78 Å². The quantitative estimate of drug-likeness (QED) is 0.576. The molecule has 3 aromatic heterocycles. The van der Waals surface area contributed by atoms with E-state index in [-0.39, 0.29) is 5.56 Å². The van der Waals surface area contributed by atoms with Crippen LogP contribution in [0.5, 0.6) is 0 Å². The molecule has 5 nitrogen and oxygen atoms in total. The number of imidazole rings is 1. The molecule has 0 aromatic carbocycles. The normalized spacial score (nSPS) is 15.6. The van der Waals surface area contributed by atoms with Gasteiger partial charge in [-0.3, -0.25) is 4.98 Å². The van der Waals surface area contributed by atoms with E-state index in [1.54, 1.807) is 29.6 Å². The number of nitrogens with zero attached hydrogens (tertiary/aromatic N) is 5. The second-order valence-electron chi connectivity index (χ2n) is 7.15. The first-order valence-corrected chi connectivity index (χ1v) is 10.0. The smallest absolute Gasteiger partial charge is 0.272 e. The lowest BCUT2D eigenvalue weighted by atomic mass is 9.99. The highest BCUT2D eigenvalue weighted by Gasteiger charge is 2.45. The van der Waals surface area contributed by atoms with Crippen molar-refractivity contribution < 1.29 is 8.78 Å². The Labute approximate surface area is 165 Å². The standard InChI is InChI=1S/C20H19F2N5S/c1-4-28-15-8-13(20(11-23)5-6-20)10-24-16(15)18-26-14-7-12(19(2,21)22)9-25-17(14)27(18)3/h7-10H,4-6H2,1-3H3. The number of rotatable bonds is 5. The third-order valence-corrected chi connectivity index (χ3v) is 6.01. The van der Waals surface area contributed by atoms with Crippen LogP contribution in [0.15, 0.2) is 29.4 Å². The number of alkyl halides is 2. The fourth-order valence-corrected chi connectivity index (χ4v) is 4.06. The molecule has 0 radical (unpaired) electrons. The van der Waals surface area contributed by atoms with Crippen molar-refractivity contribution in [1.82, 2.24) is 19.5 Å². The first kappa shape index (κ1) is 18.8. The maximum Gasteiger partial charge on any atom is 0.272 e. The molecule has 1 fully saturated rings. The van der Waals surface area contributed by atoms with Gasteiger partial charge in [0.25, 0.3) is 5.92 Å². The molecule has 144 valence electrons. The summed E-state index contributed by atoms with van der Waals surface area (Å²) >= 11 is 1.63.